The van der Waals surface area contributed by atoms with E-state index in [1.54, 1.807) is 11.3 Å². The van der Waals surface area contributed by atoms with Crippen LogP contribution in [-0.4, -0.2) is 17.4 Å². The standard InChI is InChI=1S/C18H21N3OS/c1-13(16-21-14-7-3-4-8-15(14)23-16)11-20-17(22)18(12-19)9-5-2-6-10-18/h3-4,7-8,13H,2,5-6,9-11H2,1H3,(H,20,22). The highest BCUT2D eigenvalue weighted by Gasteiger charge is 2.39. The molecular formula is C18H21N3OS. The summed E-state index contributed by atoms with van der Waals surface area (Å²) in [6, 6.07) is 10.3. The van der Waals surface area contributed by atoms with Gasteiger partial charge in [0.15, 0.2) is 0 Å². The Hall–Kier alpha value is -1.93. The van der Waals surface area contributed by atoms with E-state index in [9.17, 15) is 10.1 Å². The van der Waals surface area contributed by atoms with Crippen LogP contribution in [0, 0.1) is 16.7 Å². The molecule has 0 radical (unpaired) electrons. The van der Waals surface area contributed by atoms with Crippen molar-refractivity contribution in [3.63, 3.8) is 0 Å². The second kappa shape index (κ2) is 6.67. The molecule has 1 aromatic carbocycles. The van der Waals surface area contributed by atoms with E-state index in [4.69, 9.17) is 0 Å². The van der Waals surface area contributed by atoms with E-state index in [0.29, 0.717) is 19.4 Å². The Labute approximate surface area is 140 Å². The third-order valence-electron chi connectivity index (χ3n) is 4.66. The van der Waals surface area contributed by atoms with Crippen molar-refractivity contribution in [2.45, 2.75) is 44.9 Å². The molecular weight excluding hydrogens is 306 g/mol. The molecule has 1 heterocycles. The summed E-state index contributed by atoms with van der Waals surface area (Å²) in [5, 5.41) is 13.5. The van der Waals surface area contributed by atoms with Gasteiger partial charge in [0.25, 0.3) is 0 Å². The maximum atomic E-state index is 12.5. The molecule has 4 nitrogen and oxygen atoms in total. The fourth-order valence-corrected chi connectivity index (χ4v) is 4.17. The Balaban J connectivity index is 1.65. The van der Waals surface area contributed by atoms with Crippen LogP contribution < -0.4 is 5.32 Å². The molecule has 0 aliphatic heterocycles. The first-order valence-electron chi connectivity index (χ1n) is 8.20. The summed E-state index contributed by atoms with van der Waals surface area (Å²) < 4.78 is 1.17. The van der Waals surface area contributed by atoms with Gasteiger partial charge in [0, 0.05) is 12.5 Å². The SMILES string of the molecule is CC(CNC(=O)C1(C#N)CCCCC1)c1nc2ccccc2s1. The lowest BCUT2D eigenvalue weighted by atomic mass is 9.74. The topological polar surface area (TPSA) is 65.8 Å². The average molecular weight is 327 g/mol. The van der Waals surface area contributed by atoms with Gasteiger partial charge in [-0.3, -0.25) is 4.79 Å². The van der Waals surface area contributed by atoms with Gasteiger partial charge in [-0.05, 0) is 25.0 Å². The molecule has 3 rings (SSSR count). The number of carbonyl (C=O) groups excluding carboxylic acids is 1. The second-order valence-corrected chi connectivity index (χ2v) is 7.45. The van der Waals surface area contributed by atoms with Gasteiger partial charge in [-0.2, -0.15) is 5.26 Å². The van der Waals surface area contributed by atoms with Crippen LogP contribution in [-0.2, 0) is 4.79 Å². The van der Waals surface area contributed by atoms with E-state index < -0.39 is 5.41 Å². The zero-order valence-electron chi connectivity index (χ0n) is 13.3. The number of hydrogen-bond acceptors (Lipinski definition) is 4. The van der Waals surface area contributed by atoms with Crippen LogP contribution in [0.5, 0.6) is 0 Å². The Morgan fingerprint density at radius 3 is 2.83 bits per heavy atom. The largest absolute Gasteiger partial charge is 0.354 e. The molecule has 2 aromatic rings. The first-order valence-corrected chi connectivity index (χ1v) is 9.01. The number of thiazole rings is 1. The predicted molar refractivity (Wildman–Crippen MR) is 92.2 cm³/mol. The molecule has 23 heavy (non-hydrogen) atoms. The third-order valence-corrected chi connectivity index (χ3v) is 5.92. The molecule has 0 spiro atoms. The number of hydrogen-bond donors (Lipinski definition) is 1. The maximum Gasteiger partial charge on any atom is 0.240 e. The van der Waals surface area contributed by atoms with Crippen molar-refractivity contribution in [2.24, 2.45) is 5.41 Å². The molecule has 1 N–H and O–H groups in total. The molecule has 1 aromatic heterocycles. The number of carbonyl (C=O) groups is 1. The number of rotatable bonds is 4. The van der Waals surface area contributed by atoms with Crippen LogP contribution in [0.25, 0.3) is 10.2 Å². The van der Waals surface area contributed by atoms with Crippen molar-refractivity contribution in [3.05, 3.63) is 29.3 Å². The quantitative estimate of drug-likeness (QED) is 0.923. The first-order chi connectivity index (χ1) is 11.1. The van der Waals surface area contributed by atoms with Gasteiger partial charge < -0.3 is 5.32 Å². The van der Waals surface area contributed by atoms with E-state index in [2.05, 4.69) is 29.4 Å². The Kier molecular flexibility index (Phi) is 4.63. The molecule has 1 atom stereocenters. The summed E-state index contributed by atoms with van der Waals surface area (Å²) in [7, 11) is 0. The third kappa shape index (κ3) is 3.23. The highest BCUT2D eigenvalue weighted by molar-refractivity contribution is 7.18. The normalized spacial score (nSPS) is 18.3. The van der Waals surface area contributed by atoms with Gasteiger partial charge in [-0.1, -0.05) is 38.3 Å². The number of benzene rings is 1. The Bertz CT molecular complexity index is 707. The summed E-state index contributed by atoms with van der Waals surface area (Å²) >= 11 is 1.67. The lowest BCUT2D eigenvalue weighted by molar-refractivity contribution is -0.129. The van der Waals surface area contributed by atoms with Gasteiger partial charge in [-0.25, -0.2) is 4.98 Å². The second-order valence-electron chi connectivity index (χ2n) is 6.39. The van der Waals surface area contributed by atoms with Crippen molar-refractivity contribution in [3.8, 4) is 6.07 Å². The fraction of sp³-hybridized carbons (Fsp3) is 0.500. The van der Waals surface area contributed by atoms with Crippen molar-refractivity contribution in [1.29, 1.82) is 5.26 Å². The minimum atomic E-state index is -0.814. The summed E-state index contributed by atoms with van der Waals surface area (Å²) in [4.78, 5) is 17.2. The lowest BCUT2D eigenvalue weighted by Crippen LogP contribution is -2.42. The zero-order chi connectivity index (χ0) is 16.3. The highest BCUT2D eigenvalue weighted by atomic mass is 32.1. The maximum absolute atomic E-state index is 12.5. The number of nitriles is 1. The molecule has 1 fully saturated rings. The summed E-state index contributed by atoms with van der Waals surface area (Å²) in [5.74, 6) is 0.0448. The molecule has 1 unspecified atom stereocenters. The molecule has 1 aliphatic rings. The highest BCUT2D eigenvalue weighted by Crippen LogP contribution is 2.36. The minimum Gasteiger partial charge on any atom is -0.354 e. The van der Waals surface area contributed by atoms with Crippen LogP contribution in [0.2, 0.25) is 0 Å². The number of nitrogens with zero attached hydrogens (tertiary/aromatic N) is 2. The predicted octanol–water partition coefficient (Wildman–Crippen LogP) is 3.99. The van der Waals surface area contributed by atoms with E-state index in [1.807, 2.05) is 18.2 Å². The van der Waals surface area contributed by atoms with Gasteiger partial charge in [0.2, 0.25) is 5.91 Å². The Morgan fingerprint density at radius 2 is 2.13 bits per heavy atom. The molecule has 1 amide bonds. The fourth-order valence-electron chi connectivity index (χ4n) is 3.15. The minimum absolute atomic E-state index is 0.104. The summed E-state index contributed by atoms with van der Waals surface area (Å²) in [6.07, 6.45) is 4.43. The van der Waals surface area contributed by atoms with Gasteiger partial charge >= 0.3 is 0 Å². The number of amides is 1. The van der Waals surface area contributed by atoms with E-state index in [-0.39, 0.29) is 11.8 Å². The van der Waals surface area contributed by atoms with Crippen LogP contribution in [0.3, 0.4) is 0 Å². The van der Waals surface area contributed by atoms with Crippen molar-refractivity contribution in [2.75, 3.05) is 6.54 Å². The number of aromatic nitrogens is 1. The van der Waals surface area contributed by atoms with Gasteiger partial charge in [0.05, 0.1) is 21.3 Å². The monoisotopic (exact) mass is 327 g/mol. The molecule has 5 heteroatoms. The average Bonchev–Trinajstić information content (AvgIpc) is 3.04. The molecule has 1 aliphatic carbocycles. The molecule has 0 saturated heterocycles. The van der Waals surface area contributed by atoms with Crippen LogP contribution in [0.15, 0.2) is 24.3 Å². The van der Waals surface area contributed by atoms with Gasteiger partial charge in [0.1, 0.15) is 5.41 Å². The molecule has 1 saturated carbocycles. The molecule has 120 valence electrons. The summed E-state index contributed by atoms with van der Waals surface area (Å²) in [6.45, 7) is 2.60. The van der Waals surface area contributed by atoms with E-state index in [1.165, 1.54) is 4.70 Å². The van der Waals surface area contributed by atoms with Crippen molar-refractivity contribution in [1.82, 2.24) is 10.3 Å². The van der Waals surface area contributed by atoms with Crippen molar-refractivity contribution >= 4 is 27.5 Å². The number of nitrogens with one attached hydrogen (secondary N) is 1. The smallest absolute Gasteiger partial charge is 0.240 e. The Morgan fingerprint density at radius 1 is 1.39 bits per heavy atom. The molecule has 0 bridgehead atoms. The van der Waals surface area contributed by atoms with E-state index in [0.717, 1.165) is 29.8 Å². The summed E-state index contributed by atoms with van der Waals surface area (Å²) in [5.41, 5.74) is 0.192. The van der Waals surface area contributed by atoms with Crippen LogP contribution in [0.1, 0.15) is 50.0 Å². The zero-order valence-corrected chi connectivity index (χ0v) is 14.2. The van der Waals surface area contributed by atoms with Crippen LogP contribution >= 0.6 is 11.3 Å². The van der Waals surface area contributed by atoms with Gasteiger partial charge in [-0.15, -0.1) is 11.3 Å². The lowest BCUT2D eigenvalue weighted by Gasteiger charge is -2.29. The van der Waals surface area contributed by atoms with Crippen LogP contribution in [0.4, 0.5) is 0 Å². The van der Waals surface area contributed by atoms with Crippen molar-refractivity contribution < 1.29 is 4.79 Å². The number of fused-ring (bicyclic) bond motifs is 1. The first kappa shape index (κ1) is 15.9. The number of para-hydroxylation sites is 1. The van der Waals surface area contributed by atoms with E-state index >= 15 is 0 Å².